The van der Waals surface area contributed by atoms with Crippen LogP contribution in [-0.4, -0.2) is 74.1 Å². The van der Waals surface area contributed by atoms with Gasteiger partial charge in [0.05, 0.1) is 0 Å². The average Bonchev–Trinajstić information content (AvgIpc) is 3.14. The van der Waals surface area contributed by atoms with Crippen molar-refractivity contribution in [2.45, 2.75) is 76.7 Å². The number of carbonyl (C=O) groups is 5. The Morgan fingerprint density at radius 2 is 1.35 bits per heavy atom. The summed E-state index contributed by atoms with van der Waals surface area (Å²) in [5.41, 5.74) is 0. The zero-order chi connectivity index (χ0) is 27.6. The van der Waals surface area contributed by atoms with E-state index in [0.717, 1.165) is 19.3 Å². The molecule has 14 heteroatoms. The van der Waals surface area contributed by atoms with Crippen LogP contribution in [0, 0.1) is 0 Å². The molecule has 1 heterocycles. The third-order valence-corrected chi connectivity index (χ3v) is 5.24. The minimum Gasteiger partial charge on any atom is -0.492 e. The Labute approximate surface area is 213 Å². The summed E-state index contributed by atoms with van der Waals surface area (Å²) in [6.45, 7) is 0.804. The number of aromatic nitrogens is 1. The number of amides is 3. The van der Waals surface area contributed by atoms with Gasteiger partial charge < -0.3 is 41.2 Å². The Morgan fingerprint density at radius 1 is 0.784 bits per heavy atom. The molecule has 0 fully saturated rings. The lowest BCUT2D eigenvalue weighted by Crippen LogP contribution is -2.46. The van der Waals surface area contributed by atoms with Crippen molar-refractivity contribution in [1.82, 2.24) is 20.7 Å². The van der Waals surface area contributed by atoms with Gasteiger partial charge in [-0.1, -0.05) is 12.8 Å². The van der Waals surface area contributed by atoms with Gasteiger partial charge in [-0.15, -0.1) is 4.73 Å². The highest BCUT2D eigenvalue weighted by Crippen LogP contribution is 2.19. The lowest BCUT2D eigenvalue weighted by Gasteiger charge is -2.14. The van der Waals surface area contributed by atoms with Crippen LogP contribution in [0.25, 0.3) is 0 Å². The van der Waals surface area contributed by atoms with Crippen molar-refractivity contribution < 1.29 is 49.2 Å². The number of carboxylic acids is 2. The number of nitrogens with one attached hydrogen (secondary N) is 3. The van der Waals surface area contributed by atoms with E-state index in [4.69, 9.17) is 15.1 Å². The maximum absolute atomic E-state index is 11.9. The predicted octanol–water partition coefficient (Wildman–Crippen LogP) is 1.10. The van der Waals surface area contributed by atoms with Gasteiger partial charge >= 0.3 is 23.9 Å². The molecule has 0 saturated heterocycles. The summed E-state index contributed by atoms with van der Waals surface area (Å²) >= 11 is 0. The van der Waals surface area contributed by atoms with Crippen LogP contribution in [0.4, 0.5) is 4.79 Å². The highest BCUT2D eigenvalue weighted by molar-refractivity contribution is 5.83. The van der Waals surface area contributed by atoms with Gasteiger partial charge in [0, 0.05) is 44.5 Å². The van der Waals surface area contributed by atoms with E-state index >= 15 is 0 Å². The molecule has 37 heavy (non-hydrogen) atoms. The molecule has 208 valence electrons. The number of aliphatic carboxylic acids is 2. The van der Waals surface area contributed by atoms with Gasteiger partial charge in [0.1, 0.15) is 6.04 Å². The topological polar surface area (TPSA) is 217 Å². The van der Waals surface area contributed by atoms with Crippen LogP contribution in [0.3, 0.4) is 0 Å². The normalized spacial score (nSPS) is 11.4. The Bertz CT molecular complexity index is 883. The van der Waals surface area contributed by atoms with Gasteiger partial charge in [-0.2, -0.15) is 0 Å². The van der Waals surface area contributed by atoms with Crippen molar-refractivity contribution >= 4 is 29.8 Å². The lowest BCUT2D eigenvalue weighted by molar-refractivity contribution is -0.145. The Hall–Kier alpha value is -3.97. The van der Waals surface area contributed by atoms with Gasteiger partial charge in [-0.25, -0.2) is 14.4 Å². The third-order valence-electron chi connectivity index (χ3n) is 5.24. The van der Waals surface area contributed by atoms with Crippen LogP contribution in [0.1, 0.15) is 70.6 Å². The number of urea groups is 1. The first kappa shape index (κ1) is 31.1. The third kappa shape index (κ3) is 14.2. The first-order valence-corrected chi connectivity index (χ1v) is 12.2. The van der Waals surface area contributed by atoms with Crippen molar-refractivity contribution in [1.29, 1.82) is 0 Å². The fourth-order valence-corrected chi connectivity index (χ4v) is 3.23. The summed E-state index contributed by atoms with van der Waals surface area (Å²) in [7, 11) is 0. The van der Waals surface area contributed by atoms with E-state index in [1.807, 2.05) is 0 Å². The van der Waals surface area contributed by atoms with E-state index < -0.39 is 30.0 Å². The largest absolute Gasteiger partial charge is 0.492 e. The number of carboxylic acid groups (broad SMARTS) is 2. The van der Waals surface area contributed by atoms with Crippen molar-refractivity contribution in [3.05, 3.63) is 12.1 Å². The number of hydrogen-bond donors (Lipinski definition) is 7. The monoisotopic (exact) mass is 528 g/mol. The molecule has 0 saturated carbocycles. The molecular formula is C23H36N4O10. The van der Waals surface area contributed by atoms with E-state index in [2.05, 4.69) is 16.0 Å². The molecule has 1 atom stereocenters. The molecule has 1 aromatic heterocycles. The Morgan fingerprint density at radius 3 is 1.95 bits per heavy atom. The SMILES string of the molecule is O=C(O)CC[C@H](NC(=O)NCCCCCNC(=O)CCCCCCC(=O)On1c(O)ccc1O)C(=O)O. The molecular weight excluding hydrogens is 492 g/mol. The van der Waals surface area contributed by atoms with Gasteiger partial charge in [-0.3, -0.25) is 9.59 Å². The summed E-state index contributed by atoms with van der Waals surface area (Å²) in [6.07, 6.45) is 4.67. The molecule has 0 unspecified atom stereocenters. The zero-order valence-corrected chi connectivity index (χ0v) is 20.6. The lowest BCUT2D eigenvalue weighted by atomic mass is 10.1. The van der Waals surface area contributed by atoms with Crippen LogP contribution in [0.15, 0.2) is 12.1 Å². The predicted molar refractivity (Wildman–Crippen MR) is 129 cm³/mol. The molecule has 0 bridgehead atoms. The van der Waals surface area contributed by atoms with Gasteiger partial charge in [0.25, 0.3) is 0 Å². The quantitative estimate of drug-likeness (QED) is 0.127. The van der Waals surface area contributed by atoms with E-state index in [1.165, 1.54) is 12.1 Å². The average molecular weight is 529 g/mol. The second kappa shape index (κ2) is 17.5. The van der Waals surface area contributed by atoms with E-state index in [-0.39, 0.29) is 36.9 Å². The van der Waals surface area contributed by atoms with E-state index in [9.17, 15) is 34.2 Å². The molecule has 1 aromatic rings. The fraction of sp³-hybridized carbons (Fsp3) is 0.609. The van der Waals surface area contributed by atoms with Crippen LogP contribution in [0.5, 0.6) is 11.8 Å². The summed E-state index contributed by atoms with van der Waals surface area (Å²) in [5, 5.41) is 44.0. The molecule has 7 N–H and O–H groups in total. The number of aromatic hydroxyl groups is 2. The van der Waals surface area contributed by atoms with E-state index in [1.54, 1.807) is 0 Å². The van der Waals surface area contributed by atoms with Crippen molar-refractivity contribution in [3.8, 4) is 11.8 Å². The molecule has 0 spiro atoms. The maximum Gasteiger partial charge on any atom is 0.333 e. The van der Waals surface area contributed by atoms with Crippen LogP contribution >= 0.6 is 0 Å². The molecule has 0 aliphatic heterocycles. The standard InChI is InChI=1S/C23H36N4O10/c28-17(8-4-1-2-5-9-21(33)37-27-18(29)11-12-19(27)30)24-14-6-3-7-15-25-23(36)26-16(22(34)35)10-13-20(31)32/h11-12,16,29-30H,1-10,13-15H2,(H,24,28)(H,31,32)(H,34,35)(H2,25,26,36)/t16-/m0/s1. The van der Waals surface area contributed by atoms with Gasteiger partial charge in [0.2, 0.25) is 17.7 Å². The van der Waals surface area contributed by atoms with Crippen molar-refractivity contribution in [3.63, 3.8) is 0 Å². The number of unbranched alkanes of at least 4 members (excludes halogenated alkanes) is 5. The molecule has 3 amide bonds. The number of rotatable bonds is 19. The van der Waals surface area contributed by atoms with Crippen LogP contribution in [0.2, 0.25) is 0 Å². The Kier molecular flexibility index (Phi) is 14.7. The van der Waals surface area contributed by atoms with Gasteiger partial charge in [-0.05, 0) is 38.5 Å². The molecule has 0 aliphatic rings. The first-order valence-electron chi connectivity index (χ1n) is 12.2. The number of hydrogen-bond acceptors (Lipinski definition) is 8. The zero-order valence-electron chi connectivity index (χ0n) is 20.6. The van der Waals surface area contributed by atoms with Crippen molar-refractivity contribution in [2.75, 3.05) is 13.1 Å². The minimum absolute atomic E-state index is 0.0726. The summed E-state index contributed by atoms with van der Waals surface area (Å²) in [6, 6.07) is 0.439. The fourth-order valence-electron chi connectivity index (χ4n) is 3.23. The smallest absolute Gasteiger partial charge is 0.333 e. The molecule has 14 nitrogen and oxygen atoms in total. The summed E-state index contributed by atoms with van der Waals surface area (Å²) in [4.78, 5) is 61.8. The Balaban J connectivity index is 1.98. The number of nitrogens with zero attached hydrogens (tertiary/aromatic N) is 1. The number of carbonyl (C=O) groups excluding carboxylic acids is 3. The van der Waals surface area contributed by atoms with Crippen molar-refractivity contribution in [2.24, 2.45) is 0 Å². The highest BCUT2D eigenvalue weighted by atomic mass is 16.7. The minimum atomic E-state index is -1.30. The summed E-state index contributed by atoms with van der Waals surface area (Å²) < 4.78 is 0.643. The first-order chi connectivity index (χ1) is 17.6. The van der Waals surface area contributed by atoms with Crippen LogP contribution in [-0.2, 0) is 19.2 Å². The van der Waals surface area contributed by atoms with Crippen LogP contribution < -0.4 is 20.8 Å². The van der Waals surface area contributed by atoms with E-state index in [0.29, 0.717) is 49.9 Å². The molecule has 1 rings (SSSR count). The second-order valence-corrected chi connectivity index (χ2v) is 8.36. The second-order valence-electron chi connectivity index (χ2n) is 8.36. The molecule has 0 aliphatic carbocycles. The molecule has 0 aromatic carbocycles. The summed E-state index contributed by atoms with van der Waals surface area (Å²) in [5.74, 6) is -3.86. The molecule has 0 radical (unpaired) electrons. The van der Waals surface area contributed by atoms with Gasteiger partial charge in [0.15, 0.2) is 0 Å². The maximum atomic E-state index is 11.9. The highest BCUT2D eigenvalue weighted by Gasteiger charge is 2.20.